The van der Waals surface area contributed by atoms with Crippen LogP contribution in [0.5, 0.6) is 11.5 Å². The lowest BCUT2D eigenvalue weighted by molar-refractivity contribution is 0.218. The molecule has 1 aromatic heterocycles. The predicted octanol–water partition coefficient (Wildman–Crippen LogP) is 9.02. The van der Waals surface area contributed by atoms with Crippen LogP contribution in [0.2, 0.25) is 10.0 Å². The van der Waals surface area contributed by atoms with Crippen molar-refractivity contribution in [3.05, 3.63) is 71.1 Å². The van der Waals surface area contributed by atoms with Gasteiger partial charge >= 0.3 is 0 Å². The number of nitrogens with zero attached hydrogens (tertiary/aromatic N) is 2. The molecule has 188 valence electrons. The van der Waals surface area contributed by atoms with Crippen molar-refractivity contribution >= 4 is 68.3 Å². The highest BCUT2D eigenvalue weighted by Crippen LogP contribution is 2.45. The van der Waals surface area contributed by atoms with Crippen molar-refractivity contribution < 1.29 is 9.47 Å². The maximum absolute atomic E-state index is 9.86. The molecule has 36 heavy (non-hydrogen) atoms. The Hall–Kier alpha value is -1.79. The second-order valence-corrected chi connectivity index (χ2v) is 13.0. The molecule has 2 aromatic carbocycles. The molecule has 0 unspecified atom stereocenters. The maximum atomic E-state index is 9.86. The number of fused-ring (bicyclic) bond motifs is 1. The first-order valence-corrected chi connectivity index (χ1v) is 14.3. The molecule has 8 heteroatoms. The minimum absolute atomic E-state index is 0.258. The van der Waals surface area contributed by atoms with Gasteiger partial charge in [-0.1, -0.05) is 50.0 Å². The van der Waals surface area contributed by atoms with Gasteiger partial charge in [-0.3, -0.25) is 0 Å². The summed E-state index contributed by atoms with van der Waals surface area (Å²) in [4.78, 5) is 6.05. The predicted molar refractivity (Wildman–Crippen MR) is 158 cm³/mol. The van der Waals surface area contributed by atoms with Crippen LogP contribution in [0.4, 0.5) is 5.00 Å². The van der Waals surface area contributed by atoms with E-state index in [0.29, 0.717) is 27.5 Å². The van der Waals surface area contributed by atoms with Crippen molar-refractivity contribution in [3.8, 4) is 17.6 Å². The first-order valence-electron chi connectivity index (χ1n) is 11.6. The Morgan fingerprint density at radius 2 is 2.03 bits per heavy atom. The summed E-state index contributed by atoms with van der Waals surface area (Å²) < 4.78 is 12.6. The number of halogens is 3. The summed E-state index contributed by atoms with van der Waals surface area (Å²) in [5.74, 6) is 1.86. The van der Waals surface area contributed by atoms with Crippen LogP contribution in [0.25, 0.3) is 0 Å². The van der Waals surface area contributed by atoms with Crippen LogP contribution < -0.4 is 9.47 Å². The fourth-order valence-corrected chi connectivity index (χ4v) is 6.86. The van der Waals surface area contributed by atoms with Crippen LogP contribution in [0.15, 0.2) is 35.3 Å². The number of benzene rings is 2. The van der Waals surface area contributed by atoms with Gasteiger partial charge in [0.05, 0.1) is 16.2 Å². The molecule has 4 rings (SSSR count). The SMILES string of the molecule is COc1cc(C=Nc2sc3c(c2C#N)CC[C@H](C(C)(C)C)C3)cc(I)c1OCc1ccc(Cl)cc1Cl. The Bertz CT molecular complexity index is 1360. The summed E-state index contributed by atoms with van der Waals surface area (Å²) in [6.07, 6.45) is 4.87. The molecule has 0 saturated heterocycles. The zero-order chi connectivity index (χ0) is 26.0. The topological polar surface area (TPSA) is 54.6 Å². The molecule has 1 aliphatic rings. The molecular weight excluding hydrogens is 626 g/mol. The van der Waals surface area contributed by atoms with Gasteiger partial charge in [0, 0.05) is 26.7 Å². The van der Waals surface area contributed by atoms with Crippen LogP contribution in [-0.4, -0.2) is 13.3 Å². The van der Waals surface area contributed by atoms with E-state index in [9.17, 15) is 5.26 Å². The van der Waals surface area contributed by atoms with Gasteiger partial charge in [-0.05, 0) is 88.6 Å². The van der Waals surface area contributed by atoms with Crippen LogP contribution in [0, 0.1) is 26.2 Å². The van der Waals surface area contributed by atoms with Gasteiger partial charge in [0.15, 0.2) is 11.5 Å². The van der Waals surface area contributed by atoms with Gasteiger partial charge in [-0.15, -0.1) is 11.3 Å². The number of thiophene rings is 1. The molecule has 0 fully saturated rings. The summed E-state index contributed by atoms with van der Waals surface area (Å²) in [5, 5.41) is 11.8. The van der Waals surface area contributed by atoms with Crippen molar-refractivity contribution in [2.75, 3.05) is 7.11 Å². The van der Waals surface area contributed by atoms with E-state index in [1.165, 1.54) is 10.4 Å². The monoisotopic (exact) mass is 652 g/mol. The molecular formula is C28H27Cl2IN2O2S. The third-order valence-electron chi connectivity index (χ3n) is 6.55. The van der Waals surface area contributed by atoms with Gasteiger partial charge in [-0.25, -0.2) is 4.99 Å². The van der Waals surface area contributed by atoms with Crippen LogP contribution in [-0.2, 0) is 19.4 Å². The van der Waals surface area contributed by atoms with Gasteiger partial charge in [0.1, 0.15) is 17.7 Å². The van der Waals surface area contributed by atoms with Crippen molar-refractivity contribution in [1.82, 2.24) is 0 Å². The molecule has 0 radical (unpaired) electrons. The quantitative estimate of drug-likeness (QED) is 0.197. The third kappa shape index (κ3) is 6.02. The fraction of sp³-hybridized carbons (Fsp3) is 0.357. The lowest BCUT2D eigenvalue weighted by atomic mass is 9.72. The molecule has 0 aliphatic heterocycles. The van der Waals surface area contributed by atoms with E-state index in [0.717, 1.165) is 44.5 Å². The number of rotatable bonds is 6. The smallest absolute Gasteiger partial charge is 0.174 e. The van der Waals surface area contributed by atoms with Crippen molar-refractivity contribution in [1.29, 1.82) is 5.26 Å². The highest BCUT2D eigenvalue weighted by atomic mass is 127. The number of nitriles is 1. The molecule has 1 atom stereocenters. The number of methoxy groups -OCH3 is 1. The summed E-state index contributed by atoms with van der Waals surface area (Å²) in [6, 6.07) is 11.6. The van der Waals surface area contributed by atoms with E-state index in [1.54, 1.807) is 36.8 Å². The normalized spacial score (nSPS) is 15.6. The minimum Gasteiger partial charge on any atom is -0.493 e. The molecule has 0 N–H and O–H groups in total. The average molecular weight is 653 g/mol. The maximum Gasteiger partial charge on any atom is 0.174 e. The van der Waals surface area contributed by atoms with Crippen LogP contribution in [0.1, 0.15) is 54.3 Å². The zero-order valence-corrected chi connectivity index (χ0v) is 25.1. The van der Waals surface area contributed by atoms with Gasteiger partial charge in [-0.2, -0.15) is 5.26 Å². The second-order valence-electron chi connectivity index (χ2n) is 9.92. The van der Waals surface area contributed by atoms with Crippen molar-refractivity contribution in [2.24, 2.45) is 16.3 Å². The van der Waals surface area contributed by atoms with Gasteiger partial charge < -0.3 is 9.47 Å². The van der Waals surface area contributed by atoms with E-state index in [-0.39, 0.29) is 12.0 Å². The molecule has 0 amide bonds. The van der Waals surface area contributed by atoms with Crippen molar-refractivity contribution in [3.63, 3.8) is 0 Å². The number of aliphatic imine (C=N–C) groups is 1. The number of ether oxygens (including phenoxy) is 2. The highest BCUT2D eigenvalue weighted by molar-refractivity contribution is 14.1. The molecule has 0 spiro atoms. The Morgan fingerprint density at radius 1 is 1.25 bits per heavy atom. The summed E-state index contributed by atoms with van der Waals surface area (Å²) in [6.45, 7) is 7.19. The van der Waals surface area contributed by atoms with E-state index >= 15 is 0 Å². The summed E-state index contributed by atoms with van der Waals surface area (Å²) in [5.41, 5.74) is 3.88. The largest absolute Gasteiger partial charge is 0.493 e. The summed E-state index contributed by atoms with van der Waals surface area (Å²) in [7, 11) is 1.61. The Balaban J connectivity index is 1.56. The van der Waals surface area contributed by atoms with Crippen LogP contribution >= 0.6 is 57.1 Å². The Labute approximate surface area is 240 Å². The summed E-state index contributed by atoms with van der Waals surface area (Å²) >= 11 is 16.2. The Kier molecular flexibility index (Phi) is 8.56. The number of hydrogen-bond acceptors (Lipinski definition) is 5. The fourth-order valence-electron chi connectivity index (χ4n) is 4.39. The zero-order valence-electron chi connectivity index (χ0n) is 20.6. The third-order valence-corrected chi connectivity index (χ3v) is 9.10. The number of hydrogen-bond donors (Lipinski definition) is 0. The standard InChI is InChI=1S/C28H27Cl2IN2O2S/c1-28(2,3)18-6-8-20-21(13-32)27(36-25(20)11-18)33-14-16-9-23(31)26(24(10-16)34-4)35-15-17-5-7-19(29)12-22(17)30/h5,7,9-10,12,14,18H,6,8,11,15H2,1-4H3/t18-/m0/s1. The molecule has 1 heterocycles. The van der Waals surface area contributed by atoms with E-state index in [2.05, 4.69) is 49.4 Å². The molecule has 4 nitrogen and oxygen atoms in total. The van der Waals surface area contributed by atoms with Crippen LogP contribution in [0.3, 0.4) is 0 Å². The molecule has 3 aromatic rings. The Morgan fingerprint density at radius 3 is 2.69 bits per heavy atom. The molecule has 0 saturated carbocycles. The first kappa shape index (κ1) is 27.3. The van der Waals surface area contributed by atoms with Crippen molar-refractivity contribution in [2.45, 2.75) is 46.6 Å². The molecule has 1 aliphatic carbocycles. The van der Waals surface area contributed by atoms with E-state index in [4.69, 9.17) is 37.7 Å². The highest BCUT2D eigenvalue weighted by Gasteiger charge is 2.32. The first-order chi connectivity index (χ1) is 17.1. The van der Waals surface area contributed by atoms with Gasteiger partial charge in [0.25, 0.3) is 0 Å². The second kappa shape index (κ2) is 11.3. The molecule has 0 bridgehead atoms. The minimum atomic E-state index is 0.258. The van der Waals surface area contributed by atoms with E-state index < -0.39 is 0 Å². The van der Waals surface area contributed by atoms with Gasteiger partial charge in [0.2, 0.25) is 0 Å². The lowest BCUT2D eigenvalue weighted by Gasteiger charge is -2.33. The average Bonchev–Trinajstić information content (AvgIpc) is 3.18. The van der Waals surface area contributed by atoms with E-state index in [1.807, 2.05) is 18.2 Å². The lowest BCUT2D eigenvalue weighted by Crippen LogP contribution is -2.26.